The van der Waals surface area contributed by atoms with Crippen LogP contribution in [0.25, 0.3) is 5.03 Å². The predicted octanol–water partition coefficient (Wildman–Crippen LogP) is 5.96. The lowest BCUT2D eigenvalue weighted by Gasteiger charge is -2.46. The fourth-order valence-corrected chi connectivity index (χ4v) is 6.06. The molecule has 1 saturated heterocycles. The number of nitrogens with one attached hydrogen (secondary N) is 1. The average molecular weight is 672 g/mol. The highest BCUT2D eigenvalue weighted by atomic mass is 79.9. The quantitative estimate of drug-likeness (QED) is 0.259. The molecule has 2 aromatic carbocycles. The Morgan fingerprint density at radius 2 is 1.97 bits per heavy atom. The Labute approximate surface area is 225 Å². The highest BCUT2D eigenvalue weighted by molar-refractivity contribution is 9.14. The van der Waals surface area contributed by atoms with Crippen LogP contribution in [0, 0.1) is 0 Å². The van der Waals surface area contributed by atoms with Crippen molar-refractivity contribution in [1.29, 1.82) is 0 Å². The Balaban J connectivity index is 1.37. The molecule has 1 aromatic heterocycles. The molecular weight excluding hydrogens is 655 g/mol. The highest BCUT2D eigenvalue weighted by Gasteiger charge is 2.62. The van der Waals surface area contributed by atoms with Gasteiger partial charge >= 0.3 is 0 Å². The normalized spacial score (nSPS) is 19.4. The second kappa shape index (κ2) is 9.23. The van der Waals surface area contributed by atoms with Crippen LogP contribution >= 0.6 is 59.4 Å². The van der Waals surface area contributed by atoms with E-state index in [4.69, 9.17) is 16.3 Å². The van der Waals surface area contributed by atoms with Gasteiger partial charge in [0.05, 0.1) is 24.4 Å². The van der Waals surface area contributed by atoms with Crippen LogP contribution in [0.5, 0.6) is 0 Å². The maximum absolute atomic E-state index is 13.1. The number of hydrogen-bond donors (Lipinski definition) is 1. The fraction of sp³-hybridized carbons (Fsp3) is 0.174. The summed E-state index contributed by atoms with van der Waals surface area (Å²) in [5.74, 6) is -0.494. The molecule has 7 nitrogen and oxygen atoms in total. The average Bonchev–Trinajstić information content (AvgIpc) is 3.40. The van der Waals surface area contributed by atoms with Crippen LogP contribution in [0.2, 0.25) is 0 Å². The first-order valence-electron chi connectivity index (χ1n) is 10.1. The number of aromatic nitrogens is 2. The molecule has 5 rings (SSSR count). The molecule has 1 unspecified atom stereocenters. The van der Waals surface area contributed by atoms with Crippen LogP contribution in [0.15, 0.2) is 68.5 Å². The summed E-state index contributed by atoms with van der Waals surface area (Å²) in [4.78, 5) is 31.4. The summed E-state index contributed by atoms with van der Waals surface area (Å²) in [5.41, 5.74) is 1.69. The molecule has 0 aliphatic carbocycles. The molecular formula is C23H16Br3ClN4O3. The van der Waals surface area contributed by atoms with Crippen LogP contribution in [-0.4, -0.2) is 26.3 Å². The highest BCUT2D eigenvalue weighted by Crippen LogP contribution is 2.55. The second-order valence-corrected chi connectivity index (χ2v) is 10.7. The standard InChI is InChI=1S/C23H16Br3ClN4O3/c24-14-6-16-19(21(26)20(14)25)23(22(33)29-16)7-18(32)31(23)8-15(27)17-9-30(11-28-17)12-34-10-13-4-2-1-3-5-13/h1-6,8-9,11H,7,10,12H2,(H,29,33)/b15-8+. The Bertz CT molecular complexity index is 1340. The summed E-state index contributed by atoms with van der Waals surface area (Å²) in [7, 11) is 0. The maximum Gasteiger partial charge on any atom is 0.256 e. The molecule has 1 fully saturated rings. The van der Waals surface area contributed by atoms with E-state index in [0.717, 1.165) is 14.5 Å². The van der Waals surface area contributed by atoms with E-state index in [0.29, 0.717) is 34.8 Å². The largest absolute Gasteiger partial charge is 0.356 e. The third kappa shape index (κ3) is 3.95. The van der Waals surface area contributed by atoms with Gasteiger partial charge in [-0.2, -0.15) is 0 Å². The van der Waals surface area contributed by atoms with E-state index in [1.54, 1.807) is 23.2 Å². The van der Waals surface area contributed by atoms with E-state index in [-0.39, 0.29) is 23.3 Å². The smallest absolute Gasteiger partial charge is 0.256 e. The third-order valence-corrected chi connectivity index (χ3v) is 9.36. The van der Waals surface area contributed by atoms with Crippen molar-refractivity contribution in [2.24, 2.45) is 0 Å². The van der Waals surface area contributed by atoms with E-state index < -0.39 is 5.54 Å². The third-order valence-electron chi connectivity index (χ3n) is 5.76. The number of β-lactam (4-membered cyclic amide) rings is 1. The Morgan fingerprint density at radius 3 is 2.71 bits per heavy atom. The molecule has 3 aromatic rings. The number of nitrogens with zero attached hydrogens (tertiary/aromatic N) is 3. The molecule has 0 saturated carbocycles. The number of carbonyl (C=O) groups excluding carboxylic acids is 2. The number of anilines is 1. The summed E-state index contributed by atoms with van der Waals surface area (Å²) in [6.45, 7) is 0.766. The monoisotopic (exact) mass is 668 g/mol. The van der Waals surface area contributed by atoms with Gasteiger partial charge in [-0.05, 0) is 59.4 Å². The molecule has 11 heteroatoms. The minimum atomic E-state index is -1.17. The van der Waals surface area contributed by atoms with E-state index in [1.165, 1.54) is 11.1 Å². The summed E-state index contributed by atoms with van der Waals surface area (Å²) < 4.78 is 9.70. The number of ether oxygens (including phenoxy) is 1. The van der Waals surface area contributed by atoms with Gasteiger partial charge in [0.1, 0.15) is 12.4 Å². The first-order valence-corrected chi connectivity index (χ1v) is 12.9. The SMILES string of the molecule is O=C1CC2(C(=O)Nc3cc(Br)c(Br)c(Br)c32)N1/C=C(/Cl)c1cn(COCc2ccccc2)cn1. The van der Waals surface area contributed by atoms with Gasteiger partial charge in [0, 0.05) is 37.1 Å². The van der Waals surface area contributed by atoms with E-state index in [2.05, 4.69) is 58.1 Å². The van der Waals surface area contributed by atoms with Crippen LogP contribution in [0.4, 0.5) is 5.69 Å². The predicted molar refractivity (Wildman–Crippen MR) is 139 cm³/mol. The zero-order chi connectivity index (χ0) is 24.0. The Morgan fingerprint density at radius 1 is 1.21 bits per heavy atom. The molecule has 1 atom stereocenters. The Kier molecular flexibility index (Phi) is 6.45. The van der Waals surface area contributed by atoms with Gasteiger partial charge in [-0.15, -0.1) is 0 Å². The molecule has 34 heavy (non-hydrogen) atoms. The van der Waals surface area contributed by atoms with Gasteiger partial charge < -0.3 is 14.6 Å². The minimum Gasteiger partial charge on any atom is -0.356 e. The number of hydrogen-bond acceptors (Lipinski definition) is 4. The topological polar surface area (TPSA) is 76.5 Å². The molecule has 174 valence electrons. The van der Waals surface area contributed by atoms with Gasteiger partial charge in [-0.25, -0.2) is 4.98 Å². The number of likely N-dealkylation sites (tertiary alicyclic amines) is 1. The van der Waals surface area contributed by atoms with E-state index >= 15 is 0 Å². The van der Waals surface area contributed by atoms with Crippen molar-refractivity contribution < 1.29 is 14.3 Å². The van der Waals surface area contributed by atoms with Crippen LogP contribution in [0.1, 0.15) is 23.2 Å². The summed E-state index contributed by atoms with van der Waals surface area (Å²) in [6.07, 6.45) is 4.85. The summed E-state index contributed by atoms with van der Waals surface area (Å²) in [5, 5.41) is 3.12. The van der Waals surface area contributed by atoms with Crippen LogP contribution in [0.3, 0.4) is 0 Å². The van der Waals surface area contributed by atoms with Crippen molar-refractivity contribution in [3.8, 4) is 0 Å². The van der Waals surface area contributed by atoms with Crippen molar-refractivity contribution in [2.45, 2.75) is 25.3 Å². The number of imidazole rings is 1. The first kappa shape index (κ1) is 23.7. The van der Waals surface area contributed by atoms with Gasteiger partial charge in [0.15, 0.2) is 5.54 Å². The minimum absolute atomic E-state index is 0.0426. The van der Waals surface area contributed by atoms with Gasteiger partial charge in [-0.3, -0.25) is 14.5 Å². The van der Waals surface area contributed by atoms with Crippen molar-refractivity contribution in [1.82, 2.24) is 14.5 Å². The molecule has 2 aliphatic heterocycles. The van der Waals surface area contributed by atoms with Crippen LogP contribution < -0.4 is 5.32 Å². The summed E-state index contributed by atoms with van der Waals surface area (Å²) >= 11 is 17.1. The van der Waals surface area contributed by atoms with Gasteiger partial charge in [0.2, 0.25) is 5.91 Å². The molecule has 1 N–H and O–H groups in total. The lowest BCUT2D eigenvalue weighted by Crippen LogP contribution is -2.62. The zero-order valence-electron chi connectivity index (χ0n) is 17.4. The first-order chi connectivity index (χ1) is 16.3. The van der Waals surface area contributed by atoms with Gasteiger partial charge in [0.25, 0.3) is 5.91 Å². The number of benzene rings is 2. The molecule has 0 radical (unpaired) electrons. The Hall–Kier alpha value is -1.98. The van der Waals surface area contributed by atoms with Gasteiger partial charge in [-0.1, -0.05) is 41.9 Å². The maximum atomic E-state index is 13.1. The van der Waals surface area contributed by atoms with E-state index in [9.17, 15) is 9.59 Å². The molecule has 2 amide bonds. The zero-order valence-corrected chi connectivity index (χ0v) is 22.9. The number of fused-ring (bicyclic) bond motifs is 2. The molecule has 0 bridgehead atoms. The molecule has 2 aliphatic rings. The molecule has 1 spiro atoms. The summed E-state index contributed by atoms with van der Waals surface area (Å²) in [6, 6.07) is 11.7. The number of amides is 2. The van der Waals surface area contributed by atoms with Crippen molar-refractivity contribution in [3.63, 3.8) is 0 Å². The molecule has 3 heterocycles. The van der Waals surface area contributed by atoms with Crippen molar-refractivity contribution >= 4 is 81.9 Å². The lowest BCUT2D eigenvalue weighted by atomic mass is 9.79. The van der Waals surface area contributed by atoms with Crippen LogP contribution in [-0.2, 0) is 33.2 Å². The lowest BCUT2D eigenvalue weighted by molar-refractivity contribution is -0.158. The fourth-order valence-electron chi connectivity index (χ4n) is 4.11. The second-order valence-electron chi connectivity index (χ2n) is 7.88. The van der Waals surface area contributed by atoms with Crippen molar-refractivity contribution in [2.75, 3.05) is 5.32 Å². The van der Waals surface area contributed by atoms with E-state index in [1.807, 2.05) is 30.3 Å². The number of carbonyl (C=O) groups is 2. The number of halogens is 4. The number of rotatable bonds is 6. The van der Waals surface area contributed by atoms with Crippen molar-refractivity contribution in [3.05, 3.63) is 85.4 Å².